The number of fused-ring (bicyclic) bond motifs is 3. The summed E-state index contributed by atoms with van der Waals surface area (Å²) in [6, 6.07) is 10.4. The molecule has 0 aliphatic rings. The third-order valence-corrected chi connectivity index (χ3v) is 3.03. The smallest absolute Gasteiger partial charge is 0.161 e. The summed E-state index contributed by atoms with van der Waals surface area (Å²) in [6.07, 6.45) is 2.81. The fraction of sp³-hybridized carbons (Fsp3) is 0.143. The Bertz CT molecular complexity index is 710. The monoisotopic (exact) mass is 223 g/mol. The molecule has 0 saturated carbocycles. The van der Waals surface area contributed by atoms with Gasteiger partial charge in [-0.3, -0.25) is 4.40 Å². The predicted octanol–water partition coefficient (Wildman–Crippen LogP) is 2.92. The van der Waals surface area contributed by atoms with Crippen molar-refractivity contribution in [1.82, 2.24) is 14.6 Å². The zero-order valence-corrected chi connectivity index (χ0v) is 9.72. The Morgan fingerprint density at radius 2 is 2.12 bits per heavy atom. The van der Waals surface area contributed by atoms with Crippen LogP contribution in [0.4, 0.5) is 0 Å². The molecule has 3 aromatic rings. The average molecular weight is 223 g/mol. The lowest BCUT2D eigenvalue weighted by Crippen LogP contribution is -1.93. The van der Waals surface area contributed by atoms with E-state index in [-0.39, 0.29) is 0 Å². The highest BCUT2D eigenvalue weighted by Crippen LogP contribution is 2.21. The summed E-state index contributed by atoms with van der Waals surface area (Å²) >= 11 is 0. The highest BCUT2D eigenvalue weighted by molar-refractivity contribution is 5.85. The molecule has 0 aliphatic carbocycles. The van der Waals surface area contributed by atoms with Gasteiger partial charge in [0.1, 0.15) is 5.82 Å². The van der Waals surface area contributed by atoms with Crippen LogP contribution in [0, 0.1) is 6.92 Å². The van der Waals surface area contributed by atoms with Gasteiger partial charge in [-0.2, -0.15) is 0 Å². The molecule has 1 aromatic carbocycles. The van der Waals surface area contributed by atoms with E-state index in [0.717, 1.165) is 23.4 Å². The first-order valence-corrected chi connectivity index (χ1v) is 5.64. The van der Waals surface area contributed by atoms with E-state index in [1.165, 1.54) is 10.9 Å². The summed E-state index contributed by atoms with van der Waals surface area (Å²) < 4.78 is 2.09. The van der Waals surface area contributed by atoms with Crippen molar-refractivity contribution in [3.8, 4) is 0 Å². The summed E-state index contributed by atoms with van der Waals surface area (Å²) in [5.74, 6) is 0.918. The lowest BCUT2D eigenvalue weighted by molar-refractivity contribution is 1.02. The fourth-order valence-corrected chi connectivity index (χ4v) is 2.26. The second-order valence-electron chi connectivity index (χ2n) is 4.12. The standard InChI is InChI=1S/C14H13N3/c1-3-5-11-6-4-7-13-12(11)8-9-14-16-15-10(2)17(13)14/h3-4,6-9H,1,5H2,2H3. The number of aromatic nitrogens is 3. The van der Waals surface area contributed by atoms with Crippen molar-refractivity contribution in [2.24, 2.45) is 0 Å². The van der Waals surface area contributed by atoms with E-state index in [0.29, 0.717) is 0 Å². The maximum atomic E-state index is 4.14. The number of nitrogens with zero attached hydrogens (tertiary/aromatic N) is 3. The van der Waals surface area contributed by atoms with Crippen molar-refractivity contribution >= 4 is 16.6 Å². The molecule has 84 valence electrons. The number of hydrogen-bond donors (Lipinski definition) is 0. The molecule has 17 heavy (non-hydrogen) atoms. The zero-order valence-electron chi connectivity index (χ0n) is 9.72. The molecule has 0 amide bonds. The van der Waals surface area contributed by atoms with Gasteiger partial charge in [-0.15, -0.1) is 16.8 Å². The lowest BCUT2D eigenvalue weighted by atomic mass is 10.1. The summed E-state index contributed by atoms with van der Waals surface area (Å²) in [5, 5.41) is 9.49. The van der Waals surface area contributed by atoms with Gasteiger partial charge >= 0.3 is 0 Å². The second-order valence-corrected chi connectivity index (χ2v) is 4.12. The minimum atomic E-state index is 0.879. The molecular formula is C14H13N3. The molecular weight excluding hydrogens is 210 g/mol. The summed E-state index contributed by atoms with van der Waals surface area (Å²) in [5.41, 5.74) is 3.34. The maximum absolute atomic E-state index is 4.14. The van der Waals surface area contributed by atoms with E-state index in [9.17, 15) is 0 Å². The molecule has 0 radical (unpaired) electrons. The summed E-state index contributed by atoms with van der Waals surface area (Å²) in [4.78, 5) is 0. The molecule has 0 saturated heterocycles. The number of pyridine rings is 1. The Kier molecular flexibility index (Phi) is 2.18. The van der Waals surface area contributed by atoms with Crippen LogP contribution in [0.2, 0.25) is 0 Å². The van der Waals surface area contributed by atoms with Crippen molar-refractivity contribution in [2.75, 3.05) is 0 Å². The Labute approximate surface area is 99.4 Å². The first-order chi connectivity index (χ1) is 8.31. The zero-order chi connectivity index (χ0) is 11.8. The molecule has 2 heterocycles. The van der Waals surface area contributed by atoms with Crippen LogP contribution in [0.3, 0.4) is 0 Å². The Balaban J connectivity index is 2.46. The first-order valence-electron chi connectivity index (χ1n) is 5.64. The molecule has 0 atom stereocenters. The van der Waals surface area contributed by atoms with Crippen LogP contribution in [0.1, 0.15) is 11.4 Å². The van der Waals surface area contributed by atoms with Gasteiger partial charge in [0, 0.05) is 5.39 Å². The van der Waals surface area contributed by atoms with Gasteiger partial charge in [0.15, 0.2) is 5.65 Å². The molecule has 0 bridgehead atoms. The number of benzene rings is 1. The Morgan fingerprint density at radius 3 is 2.94 bits per heavy atom. The Morgan fingerprint density at radius 1 is 1.24 bits per heavy atom. The third kappa shape index (κ3) is 1.43. The van der Waals surface area contributed by atoms with Crippen LogP contribution in [0.5, 0.6) is 0 Å². The quantitative estimate of drug-likeness (QED) is 0.625. The third-order valence-electron chi connectivity index (χ3n) is 3.03. The molecule has 0 unspecified atom stereocenters. The van der Waals surface area contributed by atoms with E-state index in [1.807, 2.05) is 19.1 Å². The van der Waals surface area contributed by atoms with Gasteiger partial charge < -0.3 is 0 Å². The SMILES string of the molecule is C=CCc1cccc2c1ccc1nnc(C)n12. The normalized spacial score (nSPS) is 11.1. The maximum Gasteiger partial charge on any atom is 0.161 e. The number of rotatable bonds is 2. The van der Waals surface area contributed by atoms with Crippen LogP contribution in [-0.4, -0.2) is 14.6 Å². The molecule has 0 fully saturated rings. The van der Waals surface area contributed by atoms with Crippen LogP contribution in [0.25, 0.3) is 16.6 Å². The van der Waals surface area contributed by atoms with Gasteiger partial charge in [0.05, 0.1) is 5.52 Å². The van der Waals surface area contributed by atoms with E-state index < -0.39 is 0 Å². The van der Waals surface area contributed by atoms with Gasteiger partial charge in [-0.05, 0) is 37.1 Å². The van der Waals surface area contributed by atoms with Crippen molar-refractivity contribution in [3.63, 3.8) is 0 Å². The molecule has 0 N–H and O–H groups in total. The topological polar surface area (TPSA) is 30.2 Å². The van der Waals surface area contributed by atoms with E-state index in [4.69, 9.17) is 0 Å². The van der Waals surface area contributed by atoms with Crippen LogP contribution >= 0.6 is 0 Å². The number of aryl methyl sites for hydroxylation is 1. The fourth-order valence-electron chi connectivity index (χ4n) is 2.26. The predicted molar refractivity (Wildman–Crippen MR) is 69.1 cm³/mol. The molecule has 2 aromatic heterocycles. The number of allylic oxidation sites excluding steroid dienone is 1. The molecule has 3 rings (SSSR count). The van der Waals surface area contributed by atoms with Gasteiger partial charge in [-0.1, -0.05) is 18.2 Å². The van der Waals surface area contributed by atoms with E-state index in [2.05, 4.69) is 45.4 Å². The van der Waals surface area contributed by atoms with E-state index in [1.54, 1.807) is 0 Å². The lowest BCUT2D eigenvalue weighted by Gasteiger charge is -2.06. The van der Waals surface area contributed by atoms with Crippen molar-refractivity contribution in [2.45, 2.75) is 13.3 Å². The highest BCUT2D eigenvalue weighted by atomic mass is 15.2. The summed E-state index contributed by atoms with van der Waals surface area (Å²) in [7, 11) is 0. The Hall–Kier alpha value is -2.16. The molecule has 3 heteroatoms. The molecule has 0 aliphatic heterocycles. The van der Waals surface area contributed by atoms with Gasteiger partial charge in [0.25, 0.3) is 0 Å². The van der Waals surface area contributed by atoms with Crippen molar-refractivity contribution < 1.29 is 0 Å². The highest BCUT2D eigenvalue weighted by Gasteiger charge is 2.06. The minimum absolute atomic E-state index is 0.879. The van der Waals surface area contributed by atoms with Crippen LogP contribution < -0.4 is 0 Å². The van der Waals surface area contributed by atoms with Gasteiger partial charge in [-0.25, -0.2) is 0 Å². The van der Waals surface area contributed by atoms with Gasteiger partial charge in [0.2, 0.25) is 0 Å². The molecule has 0 spiro atoms. The van der Waals surface area contributed by atoms with E-state index >= 15 is 0 Å². The largest absolute Gasteiger partial charge is 0.279 e. The molecule has 3 nitrogen and oxygen atoms in total. The van der Waals surface area contributed by atoms with Crippen LogP contribution in [0.15, 0.2) is 43.0 Å². The summed E-state index contributed by atoms with van der Waals surface area (Å²) in [6.45, 7) is 5.77. The first kappa shape index (κ1) is 10.0. The number of hydrogen-bond acceptors (Lipinski definition) is 2. The average Bonchev–Trinajstić information content (AvgIpc) is 2.72. The van der Waals surface area contributed by atoms with Crippen molar-refractivity contribution in [3.05, 3.63) is 54.4 Å². The minimum Gasteiger partial charge on any atom is -0.279 e. The van der Waals surface area contributed by atoms with Crippen LogP contribution in [-0.2, 0) is 6.42 Å². The second kappa shape index (κ2) is 3.70. The van der Waals surface area contributed by atoms with Crippen molar-refractivity contribution in [1.29, 1.82) is 0 Å².